The minimum atomic E-state index is -0.981. The highest BCUT2D eigenvalue weighted by Crippen LogP contribution is 2.44. The van der Waals surface area contributed by atoms with E-state index in [0.717, 1.165) is 42.4 Å². The summed E-state index contributed by atoms with van der Waals surface area (Å²) in [5.74, 6) is 0.370. The van der Waals surface area contributed by atoms with E-state index in [2.05, 4.69) is 25.1 Å². The molecule has 2 aliphatic rings. The predicted molar refractivity (Wildman–Crippen MR) is 103 cm³/mol. The first kappa shape index (κ1) is 17.4. The number of hydrogen-bond donors (Lipinski definition) is 1. The zero-order chi connectivity index (χ0) is 19.0. The summed E-state index contributed by atoms with van der Waals surface area (Å²) in [6.07, 6.45) is 6.16. The number of benzene rings is 2. The van der Waals surface area contributed by atoms with Gasteiger partial charge in [0, 0.05) is 11.1 Å². The summed E-state index contributed by atoms with van der Waals surface area (Å²) in [7, 11) is 0. The van der Waals surface area contributed by atoms with Gasteiger partial charge in [0.05, 0.1) is 11.6 Å². The van der Waals surface area contributed by atoms with E-state index in [1.54, 1.807) is 18.2 Å². The lowest BCUT2D eigenvalue weighted by molar-refractivity contribution is 0.0697. The molecule has 0 spiro atoms. The lowest BCUT2D eigenvalue weighted by Gasteiger charge is -2.16. The topological polar surface area (TPSA) is 70.3 Å². The fourth-order valence-corrected chi connectivity index (χ4v) is 3.71. The SMILES string of the molecule is CCCc1cccc2c1C(C#N)c1ccc(C(=O)O)cc1C(=CC1CC1)O2. The third-order valence-corrected chi connectivity index (χ3v) is 5.20. The van der Waals surface area contributed by atoms with E-state index >= 15 is 0 Å². The Morgan fingerprint density at radius 3 is 2.81 bits per heavy atom. The molecular formula is C23H21NO3. The largest absolute Gasteiger partial charge is 0.478 e. The number of rotatable bonds is 4. The van der Waals surface area contributed by atoms with Crippen LogP contribution in [0.2, 0.25) is 0 Å². The zero-order valence-corrected chi connectivity index (χ0v) is 15.2. The van der Waals surface area contributed by atoms with Crippen LogP contribution in [0.5, 0.6) is 5.75 Å². The van der Waals surface area contributed by atoms with E-state index in [1.807, 2.05) is 12.1 Å². The molecule has 0 radical (unpaired) electrons. The summed E-state index contributed by atoms with van der Waals surface area (Å²) in [5.41, 5.74) is 3.76. The molecule has 1 aliphatic carbocycles. The van der Waals surface area contributed by atoms with Crippen molar-refractivity contribution >= 4 is 11.7 Å². The molecule has 27 heavy (non-hydrogen) atoms. The van der Waals surface area contributed by atoms with E-state index in [-0.39, 0.29) is 5.56 Å². The molecule has 1 heterocycles. The van der Waals surface area contributed by atoms with Gasteiger partial charge in [-0.05, 0) is 60.6 Å². The number of fused-ring (bicyclic) bond motifs is 2. The Kier molecular flexibility index (Phi) is 4.45. The predicted octanol–water partition coefficient (Wildman–Crippen LogP) is 5.14. The van der Waals surface area contributed by atoms with Gasteiger partial charge in [-0.15, -0.1) is 0 Å². The first-order chi connectivity index (χ1) is 13.1. The minimum absolute atomic E-state index is 0.204. The molecule has 1 fully saturated rings. The molecule has 4 rings (SSSR count). The maximum Gasteiger partial charge on any atom is 0.335 e. The van der Waals surface area contributed by atoms with Crippen LogP contribution in [0.1, 0.15) is 64.7 Å². The van der Waals surface area contributed by atoms with E-state index in [1.165, 1.54) is 0 Å². The number of aromatic carboxylic acids is 1. The van der Waals surface area contributed by atoms with E-state index in [4.69, 9.17) is 4.74 Å². The highest BCUT2D eigenvalue weighted by Gasteiger charge is 2.31. The van der Waals surface area contributed by atoms with Crippen molar-refractivity contribution < 1.29 is 14.6 Å². The lowest BCUT2D eigenvalue weighted by atomic mass is 9.84. The molecule has 1 aliphatic heterocycles. The van der Waals surface area contributed by atoms with E-state index in [9.17, 15) is 15.2 Å². The second kappa shape index (κ2) is 6.92. The molecule has 0 aromatic heterocycles. The molecule has 4 heteroatoms. The second-order valence-electron chi connectivity index (χ2n) is 7.22. The van der Waals surface area contributed by atoms with E-state index < -0.39 is 11.9 Å². The number of carbonyl (C=O) groups is 1. The summed E-state index contributed by atoms with van der Waals surface area (Å²) in [4.78, 5) is 11.5. The Morgan fingerprint density at radius 2 is 2.15 bits per heavy atom. The van der Waals surface area contributed by atoms with Crippen molar-refractivity contribution in [1.29, 1.82) is 5.26 Å². The van der Waals surface area contributed by atoms with Gasteiger partial charge in [-0.3, -0.25) is 0 Å². The van der Waals surface area contributed by atoms with Crippen LogP contribution in [-0.2, 0) is 6.42 Å². The molecular weight excluding hydrogens is 338 g/mol. The van der Waals surface area contributed by atoms with Gasteiger partial charge >= 0.3 is 5.97 Å². The van der Waals surface area contributed by atoms with Gasteiger partial charge in [-0.25, -0.2) is 4.79 Å². The highest BCUT2D eigenvalue weighted by molar-refractivity contribution is 5.89. The molecule has 4 nitrogen and oxygen atoms in total. The van der Waals surface area contributed by atoms with E-state index in [0.29, 0.717) is 23.0 Å². The average molecular weight is 359 g/mol. The quantitative estimate of drug-likeness (QED) is 0.821. The standard InChI is InChI=1S/C23H21NO3/c1-2-4-15-5-3-6-20-22(15)19(13-24)17-10-9-16(23(25)26)12-18(17)21(27-20)11-14-7-8-14/h3,5-6,9-12,14,19H,2,4,7-8H2,1H3,(H,25,26). The first-order valence-electron chi connectivity index (χ1n) is 9.41. The van der Waals surface area contributed by atoms with Gasteiger partial charge in [-0.2, -0.15) is 5.26 Å². The summed E-state index contributed by atoms with van der Waals surface area (Å²) < 4.78 is 6.31. The summed E-state index contributed by atoms with van der Waals surface area (Å²) in [6.45, 7) is 2.11. The van der Waals surface area contributed by atoms with Gasteiger partial charge in [0.15, 0.2) is 0 Å². The lowest BCUT2D eigenvalue weighted by Crippen LogP contribution is -2.05. The third kappa shape index (κ3) is 3.21. The van der Waals surface area contributed by atoms with Crippen molar-refractivity contribution in [3.05, 3.63) is 70.3 Å². The molecule has 2 aromatic carbocycles. The van der Waals surface area contributed by atoms with Crippen LogP contribution in [0.25, 0.3) is 5.76 Å². The maximum absolute atomic E-state index is 11.5. The van der Waals surface area contributed by atoms with Crippen LogP contribution in [0.15, 0.2) is 42.5 Å². The van der Waals surface area contributed by atoms with Crippen LogP contribution in [0.3, 0.4) is 0 Å². The molecule has 1 unspecified atom stereocenters. The molecule has 0 bridgehead atoms. The number of aryl methyl sites for hydroxylation is 1. The Labute approximate surface area is 158 Å². The van der Waals surface area contributed by atoms with Gasteiger partial charge < -0.3 is 9.84 Å². The number of ether oxygens (including phenoxy) is 1. The Bertz CT molecular complexity index is 980. The molecule has 1 N–H and O–H groups in total. The second-order valence-corrected chi connectivity index (χ2v) is 7.22. The number of carboxylic acid groups (broad SMARTS) is 1. The number of nitriles is 1. The normalized spacial score (nSPS) is 19.4. The van der Waals surface area contributed by atoms with Crippen molar-refractivity contribution in [3.8, 4) is 11.8 Å². The minimum Gasteiger partial charge on any atom is -0.478 e. The van der Waals surface area contributed by atoms with Crippen molar-refractivity contribution in [3.63, 3.8) is 0 Å². The fourth-order valence-electron chi connectivity index (χ4n) is 3.71. The van der Waals surface area contributed by atoms with Crippen LogP contribution < -0.4 is 4.74 Å². The molecule has 0 amide bonds. The Balaban J connectivity index is 1.97. The monoisotopic (exact) mass is 359 g/mol. The van der Waals surface area contributed by atoms with Crippen molar-refractivity contribution in [2.75, 3.05) is 0 Å². The first-order valence-corrected chi connectivity index (χ1v) is 9.41. The Hall–Kier alpha value is -3.06. The summed E-state index contributed by atoms with van der Waals surface area (Å²) in [5, 5.41) is 19.4. The van der Waals surface area contributed by atoms with Crippen molar-refractivity contribution in [1.82, 2.24) is 0 Å². The third-order valence-electron chi connectivity index (χ3n) is 5.20. The molecule has 136 valence electrons. The van der Waals surface area contributed by atoms with Gasteiger partial charge in [-0.1, -0.05) is 31.5 Å². The van der Waals surface area contributed by atoms with Gasteiger partial charge in [0.2, 0.25) is 0 Å². The molecule has 0 saturated heterocycles. The van der Waals surface area contributed by atoms with Crippen molar-refractivity contribution in [2.45, 2.75) is 38.5 Å². The van der Waals surface area contributed by atoms with Gasteiger partial charge in [0.25, 0.3) is 0 Å². The average Bonchev–Trinajstić information content (AvgIpc) is 3.48. The Morgan fingerprint density at radius 1 is 1.33 bits per heavy atom. The maximum atomic E-state index is 11.5. The van der Waals surface area contributed by atoms with Crippen LogP contribution in [0, 0.1) is 17.2 Å². The highest BCUT2D eigenvalue weighted by atomic mass is 16.5. The molecule has 2 aromatic rings. The summed E-state index contributed by atoms with van der Waals surface area (Å²) in [6, 6.07) is 13.4. The van der Waals surface area contributed by atoms with Gasteiger partial charge in [0.1, 0.15) is 17.4 Å². The van der Waals surface area contributed by atoms with Crippen LogP contribution in [0.4, 0.5) is 0 Å². The molecule has 1 saturated carbocycles. The summed E-state index contributed by atoms with van der Waals surface area (Å²) >= 11 is 0. The zero-order valence-electron chi connectivity index (χ0n) is 15.2. The number of nitrogens with zero attached hydrogens (tertiary/aromatic N) is 1. The number of allylic oxidation sites excluding steroid dienone is 1. The van der Waals surface area contributed by atoms with Crippen LogP contribution >= 0.6 is 0 Å². The fraction of sp³-hybridized carbons (Fsp3) is 0.304. The van der Waals surface area contributed by atoms with Crippen molar-refractivity contribution in [2.24, 2.45) is 5.92 Å². The number of carboxylic acids is 1. The number of hydrogen-bond acceptors (Lipinski definition) is 3. The smallest absolute Gasteiger partial charge is 0.335 e. The van der Waals surface area contributed by atoms with Crippen LogP contribution in [-0.4, -0.2) is 11.1 Å². The molecule has 1 atom stereocenters.